The predicted molar refractivity (Wildman–Crippen MR) is 152 cm³/mol. The summed E-state index contributed by atoms with van der Waals surface area (Å²) in [6.07, 6.45) is -0.331. The van der Waals surface area contributed by atoms with Gasteiger partial charge in [0.2, 0.25) is 11.9 Å². The second kappa shape index (κ2) is 12.5. The standard InChI is InChI=1S/C30H28ClF3N4O5/c1-15-4-3-5-23(38-11-10-24(43-30(38)41)25-21(32)9-8-20(31)26(25)33)19-12-16(14-35-27(19)34)18-7-6-17(36-29(40)42-2)13-22(18)37-28(15)39/h6-9,12-15,23-24H,3-5,10-11H2,1-2H3,(H,36,40)(H,37,39). The smallest absolute Gasteiger partial charge is 0.411 e. The van der Waals surface area contributed by atoms with E-state index in [1.54, 1.807) is 31.2 Å². The van der Waals surface area contributed by atoms with Gasteiger partial charge in [-0.25, -0.2) is 23.4 Å². The summed E-state index contributed by atoms with van der Waals surface area (Å²) in [4.78, 5) is 43.4. The number of halogens is 4. The molecule has 3 unspecified atom stereocenters. The van der Waals surface area contributed by atoms with Crippen LogP contribution in [-0.4, -0.2) is 41.6 Å². The molecule has 2 aliphatic heterocycles. The number of rotatable bonds is 3. The highest BCUT2D eigenvalue weighted by atomic mass is 35.5. The third-order valence-electron chi connectivity index (χ3n) is 7.70. The van der Waals surface area contributed by atoms with Crippen LogP contribution < -0.4 is 10.6 Å². The number of hydrogen-bond donors (Lipinski definition) is 2. The van der Waals surface area contributed by atoms with Crippen LogP contribution in [0.3, 0.4) is 0 Å². The summed E-state index contributed by atoms with van der Waals surface area (Å²) in [5.41, 5.74) is 1.34. The number of hydrogen-bond acceptors (Lipinski definition) is 6. The first-order valence-corrected chi connectivity index (χ1v) is 14.0. The SMILES string of the molecule is COC(=O)Nc1ccc2c(c1)NC(=O)C(C)CCCC(N1CCC(c3c(F)ccc(Cl)c3F)OC1=O)c1cc-2cnc1F. The molecule has 2 aromatic carbocycles. The van der Waals surface area contributed by atoms with Crippen molar-refractivity contribution in [2.45, 2.75) is 44.8 Å². The van der Waals surface area contributed by atoms with Gasteiger partial charge < -0.3 is 19.7 Å². The van der Waals surface area contributed by atoms with E-state index >= 15 is 4.39 Å². The molecule has 2 aliphatic rings. The highest BCUT2D eigenvalue weighted by Crippen LogP contribution is 2.40. The molecule has 5 rings (SSSR count). The second-order valence-corrected chi connectivity index (χ2v) is 10.8. The number of cyclic esters (lactones) is 1. The van der Waals surface area contributed by atoms with E-state index in [1.165, 1.54) is 18.2 Å². The summed E-state index contributed by atoms with van der Waals surface area (Å²) in [6, 6.07) is 7.58. The number of aromatic nitrogens is 1. The van der Waals surface area contributed by atoms with Crippen LogP contribution in [-0.2, 0) is 14.3 Å². The van der Waals surface area contributed by atoms with Gasteiger partial charge in [0.05, 0.1) is 29.4 Å². The molecule has 0 spiro atoms. The van der Waals surface area contributed by atoms with E-state index in [0.717, 1.165) is 12.1 Å². The topological polar surface area (TPSA) is 110 Å². The summed E-state index contributed by atoms with van der Waals surface area (Å²) < 4.78 is 54.7. The zero-order valence-electron chi connectivity index (χ0n) is 23.3. The average Bonchev–Trinajstić information content (AvgIpc) is 2.98. The number of carbonyl (C=O) groups excluding carboxylic acids is 3. The van der Waals surface area contributed by atoms with Crippen molar-refractivity contribution >= 4 is 41.1 Å². The van der Waals surface area contributed by atoms with Gasteiger partial charge in [-0.2, -0.15) is 4.39 Å². The number of anilines is 2. The lowest BCUT2D eigenvalue weighted by molar-refractivity contribution is -0.119. The molecule has 226 valence electrons. The van der Waals surface area contributed by atoms with E-state index in [9.17, 15) is 23.2 Å². The summed E-state index contributed by atoms with van der Waals surface area (Å²) in [5.74, 6) is -3.40. The van der Waals surface area contributed by atoms with Crippen LogP contribution in [0.5, 0.6) is 0 Å². The number of nitrogens with one attached hydrogen (secondary N) is 2. The van der Waals surface area contributed by atoms with Crippen molar-refractivity contribution in [1.29, 1.82) is 0 Å². The van der Waals surface area contributed by atoms with E-state index in [1.807, 2.05) is 0 Å². The third-order valence-corrected chi connectivity index (χ3v) is 7.99. The molecule has 3 atom stereocenters. The Kier molecular flexibility index (Phi) is 8.77. The maximum atomic E-state index is 15.4. The van der Waals surface area contributed by atoms with Gasteiger partial charge in [-0.15, -0.1) is 0 Å². The predicted octanol–water partition coefficient (Wildman–Crippen LogP) is 7.38. The first kappa shape index (κ1) is 30.1. The molecule has 2 bridgehead atoms. The van der Waals surface area contributed by atoms with Crippen molar-refractivity contribution in [3.63, 3.8) is 0 Å². The normalized spacial score (nSPS) is 20.6. The lowest BCUT2D eigenvalue weighted by atomic mass is 9.92. The Bertz CT molecular complexity index is 1590. The van der Waals surface area contributed by atoms with Crippen molar-refractivity contribution in [2.75, 3.05) is 24.3 Å². The van der Waals surface area contributed by atoms with E-state index < -0.39 is 53.4 Å². The quantitative estimate of drug-likeness (QED) is 0.235. The monoisotopic (exact) mass is 616 g/mol. The Morgan fingerprint density at radius 2 is 1.93 bits per heavy atom. The van der Waals surface area contributed by atoms with Gasteiger partial charge in [0.1, 0.15) is 11.9 Å². The number of fused-ring (bicyclic) bond motifs is 4. The van der Waals surface area contributed by atoms with Crippen LogP contribution in [0, 0.1) is 23.5 Å². The number of carbonyl (C=O) groups is 3. The van der Waals surface area contributed by atoms with Gasteiger partial charge in [-0.05, 0) is 43.2 Å². The van der Waals surface area contributed by atoms with Crippen LogP contribution in [0.15, 0.2) is 42.6 Å². The van der Waals surface area contributed by atoms with Gasteiger partial charge in [0, 0.05) is 47.5 Å². The fourth-order valence-electron chi connectivity index (χ4n) is 5.40. The number of methoxy groups -OCH3 is 1. The first-order chi connectivity index (χ1) is 20.6. The zero-order valence-corrected chi connectivity index (χ0v) is 24.0. The van der Waals surface area contributed by atoms with Crippen LogP contribution in [0.25, 0.3) is 11.1 Å². The molecule has 3 heterocycles. The van der Waals surface area contributed by atoms with Gasteiger partial charge in [0.25, 0.3) is 0 Å². The van der Waals surface area contributed by atoms with E-state index in [0.29, 0.717) is 35.3 Å². The summed E-state index contributed by atoms with van der Waals surface area (Å²) in [5, 5.41) is 5.14. The molecule has 0 radical (unpaired) electrons. The minimum atomic E-state index is -1.22. The molecule has 1 aromatic heterocycles. The Morgan fingerprint density at radius 1 is 1.14 bits per heavy atom. The van der Waals surface area contributed by atoms with Gasteiger partial charge in [-0.3, -0.25) is 10.1 Å². The molecule has 1 saturated heterocycles. The second-order valence-electron chi connectivity index (χ2n) is 10.4. The fourth-order valence-corrected chi connectivity index (χ4v) is 5.56. The molecule has 3 aromatic rings. The maximum absolute atomic E-state index is 15.4. The van der Waals surface area contributed by atoms with Gasteiger partial charge in [0.15, 0.2) is 5.82 Å². The molecule has 0 saturated carbocycles. The van der Waals surface area contributed by atoms with E-state index in [4.69, 9.17) is 16.3 Å². The van der Waals surface area contributed by atoms with Crippen molar-refractivity contribution in [1.82, 2.24) is 9.88 Å². The lowest BCUT2D eigenvalue weighted by Crippen LogP contribution is -2.42. The molecule has 9 nitrogen and oxygen atoms in total. The molecule has 0 aliphatic carbocycles. The molecule has 2 N–H and O–H groups in total. The number of amides is 3. The first-order valence-electron chi connectivity index (χ1n) is 13.6. The number of nitrogens with zero attached hydrogens (tertiary/aromatic N) is 2. The van der Waals surface area contributed by atoms with E-state index in [-0.39, 0.29) is 35.9 Å². The minimum Gasteiger partial charge on any atom is -0.453 e. The van der Waals surface area contributed by atoms with Crippen LogP contribution >= 0.6 is 11.6 Å². The molecule has 3 amide bonds. The van der Waals surface area contributed by atoms with Crippen molar-refractivity contribution < 1.29 is 37.0 Å². The van der Waals surface area contributed by atoms with Crippen LogP contribution in [0.2, 0.25) is 5.02 Å². The third kappa shape index (κ3) is 6.24. The average molecular weight is 617 g/mol. The summed E-state index contributed by atoms with van der Waals surface area (Å²) in [7, 11) is 1.22. The molecular weight excluding hydrogens is 589 g/mol. The molecular formula is C30H28ClF3N4O5. The Balaban J connectivity index is 1.51. The molecule has 1 fully saturated rings. The lowest BCUT2D eigenvalue weighted by Gasteiger charge is -2.38. The van der Waals surface area contributed by atoms with Crippen molar-refractivity contribution in [2.24, 2.45) is 5.92 Å². The number of ether oxygens (including phenoxy) is 2. The van der Waals surface area contributed by atoms with Crippen LogP contribution in [0.1, 0.15) is 55.9 Å². The minimum absolute atomic E-state index is 0.0123. The highest BCUT2D eigenvalue weighted by Gasteiger charge is 2.37. The van der Waals surface area contributed by atoms with Crippen molar-refractivity contribution in [3.8, 4) is 11.1 Å². The molecule has 43 heavy (non-hydrogen) atoms. The van der Waals surface area contributed by atoms with E-state index in [2.05, 4.69) is 20.4 Å². The Hall–Kier alpha value is -4.32. The molecule has 13 heteroatoms. The zero-order chi connectivity index (χ0) is 30.8. The Labute approximate surface area is 250 Å². The summed E-state index contributed by atoms with van der Waals surface area (Å²) in [6.45, 7) is 1.76. The largest absolute Gasteiger partial charge is 0.453 e. The van der Waals surface area contributed by atoms with Crippen molar-refractivity contribution in [3.05, 3.63) is 76.3 Å². The van der Waals surface area contributed by atoms with Gasteiger partial charge >= 0.3 is 12.2 Å². The number of benzene rings is 2. The number of pyridine rings is 1. The maximum Gasteiger partial charge on any atom is 0.411 e. The highest BCUT2D eigenvalue weighted by molar-refractivity contribution is 6.30. The Morgan fingerprint density at radius 3 is 2.67 bits per heavy atom. The fraction of sp³-hybridized carbons (Fsp3) is 0.333. The summed E-state index contributed by atoms with van der Waals surface area (Å²) >= 11 is 5.84. The van der Waals surface area contributed by atoms with Crippen LogP contribution in [0.4, 0.5) is 34.1 Å². The van der Waals surface area contributed by atoms with Gasteiger partial charge in [-0.1, -0.05) is 31.0 Å².